The molecule has 5 nitrogen and oxygen atoms in total. The Morgan fingerprint density at radius 2 is 1.91 bits per heavy atom. The van der Waals surface area contributed by atoms with Crippen molar-refractivity contribution < 1.29 is 14.7 Å². The summed E-state index contributed by atoms with van der Waals surface area (Å²) < 4.78 is 0. The van der Waals surface area contributed by atoms with Gasteiger partial charge in [-0.1, -0.05) is 26.7 Å². The maximum atomic E-state index is 10.9. The van der Waals surface area contributed by atoms with Crippen LogP contribution in [0, 0.1) is 17.8 Å². The van der Waals surface area contributed by atoms with Crippen LogP contribution in [0.4, 0.5) is 0 Å². The fourth-order valence-corrected chi connectivity index (χ4v) is 4.03. The molecule has 0 aromatic heterocycles. The Morgan fingerprint density at radius 3 is 2.35 bits per heavy atom. The number of hydrogen-bond acceptors (Lipinski definition) is 4. The van der Waals surface area contributed by atoms with Crippen LogP contribution in [0.25, 0.3) is 0 Å². The highest BCUT2D eigenvalue weighted by molar-refractivity contribution is 5.73. The third-order valence-corrected chi connectivity index (χ3v) is 5.54. The van der Waals surface area contributed by atoms with Crippen LogP contribution >= 0.6 is 0 Å². The molecule has 0 radical (unpaired) electrons. The third-order valence-electron chi connectivity index (χ3n) is 5.54. The second kappa shape index (κ2) is 9.38. The number of carboxylic acids is 1. The smallest absolute Gasteiger partial charge is 0.305 e. The Labute approximate surface area is 140 Å². The molecule has 0 aromatic rings. The van der Waals surface area contributed by atoms with Crippen molar-refractivity contribution in [1.29, 1.82) is 0 Å². The maximum absolute atomic E-state index is 10.9. The number of carbonyl (C=O) groups is 2. The van der Waals surface area contributed by atoms with Crippen LogP contribution in [0.2, 0.25) is 0 Å². The van der Waals surface area contributed by atoms with Gasteiger partial charge in [-0.3, -0.25) is 4.79 Å². The fourth-order valence-electron chi connectivity index (χ4n) is 4.03. The fraction of sp³-hybridized carbons (Fsp3) is 0.889. The van der Waals surface area contributed by atoms with Crippen molar-refractivity contribution in [2.75, 3.05) is 6.54 Å². The minimum absolute atomic E-state index is 0.196. The molecule has 1 aliphatic rings. The number of hydrogen-bond donors (Lipinski definition) is 3. The molecular formula is C18H34N2O3. The molecule has 1 saturated carbocycles. The number of nitrogens with two attached hydrogens (primary N) is 1. The average Bonchev–Trinajstić information content (AvgIpc) is 2.91. The van der Waals surface area contributed by atoms with Gasteiger partial charge in [0.25, 0.3) is 0 Å². The zero-order chi connectivity index (χ0) is 17.5. The first-order chi connectivity index (χ1) is 10.8. The summed E-state index contributed by atoms with van der Waals surface area (Å²) in [4.78, 5) is 21.6. The number of rotatable bonds is 11. The Bertz CT molecular complexity index is 372. The van der Waals surface area contributed by atoms with Gasteiger partial charge in [-0.2, -0.15) is 0 Å². The highest BCUT2D eigenvalue weighted by Gasteiger charge is 2.34. The predicted octanol–water partition coefficient (Wildman–Crippen LogP) is 2.58. The molecule has 134 valence electrons. The molecule has 0 heterocycles. The molecule has 4 N–H and O–H groups in total. The summed E-state index contributed by atoms with van der Waals surface area (Å²) in [5.41, 5.74) is 5.96. The molecule has 23 heavy (non-hydrogen) atoms. The molecular weight excluding hydrogens is 292 g/mol. The quantitative estimate of drug-likeness (QED) is 0.508. The van der Waals surface area contributed by atoms with Crippen LogP contribution in [0.3, 0.4) is 0 Å². The first kappa shape index (κ1) is 20.1. The van der Waals surface area contributed by atoms with Crippen molar-refractivity contribution in [1.82, 2.24) is 5.32 Å². The molecule has 0 aliphatic heterocycles. The van der Waals surface area contributed by atoms with E-state index in [0.717, 1.165) is 30.6 Å². The van der Waals surface area contributed by atoms with Gasteiger partial charge in [-0.05, 0) is 50.4 Å². The Balaban J connectivity index is 2.47. The van der Waals surface area contributed by atoms with E-state index >= 15 is 0 Å². The summed E-state index contributed by atoms with van der Waals surface area (Å²) in [7, 11) is 0. The van der Waals surface area contributed by atoms with Gasteiger partial charge >= 0.3 is 5.97 Å². The predicted molar refractivity (Wildman–Crippen MR) is 92.2 cm³/mol. The van der Waals surface area contributed by atoms with Gasteiger partial charge < -0.3 is 21.0 Å². The van der Waals surface area contributed by atoms with E-state index in [2.05, 4.69) is 19.2 Å². The van der Waals surface area contributed by atoms with E-state index in [1.165, 1.54) is 25.7 Å². The molecule has 0 saturated heterocycles. The lowest BCUT2D eigenvalue weighted by Crippen LogP contribution is -2.50. The Kier molecular flexibility index (Phi) is 8.20. The minimum atomic E-state index is -0.976. The SMILES string of the molecule is CCC1CCC(CC)C1CCC(C)(N)CN[C@@H](C=O)CC(=O)O. The second-order valence-corrected chi connectivity index (χ2v) is 7.49. The van der Waals surface area contributed by atoms with Gasteiger partial charge in [-0.25, -0.2) is 0 Å². The average molecular weight is 326 g/mol. The Hall–Kier alpha value is -0.940. The van der Waals surface area contributed by atoms with Crippen LogP contribution < -0.4 is 11.1 Å². The van der Waals surface area contributed by atoms with Gasteiger partial charge in [0.1, 0.15) is 6.29 Å². The van der Waals surface area contributed by atoms with Gasteiger partial charge in [0.15, 0.2) is 0 Å². The molecule has 0 bridgehead atoms. The van der Waals surface area contributed by atoms with E-state index in [0.29, 0.717) is 12.8 Å². The standard InChI is InChI=1S/C18H34N2O3/c1-4-13-6-7-14(5-2)16(13)8-9-18(3,19)12-20-15(11-21)10-17(22)23/h11,13-16,20H,4-10,12,19H2,1-3H3,(H,22,23)/t13?,14?,15-,16?,18?/m1/s1. The number of carbonyl (C=O) groups excluding carboxylic acids is 1. The summed E-state index contributed by atoms with van der Waals surface area (Å²) in [5, 5.41) is 11.8. The van der Waals surface area contributed by atoms with Crippen LogP contribution in [-0.2, 0) is 9.59 Å². The molecule has 5 heteroatoms. The van der Waals surface area contributed by atoms with Crippen molar-refractivity contribution in [3.63, 3.8) is 0 Å². The zero-order valence-electron chi connectivity index (χ0n) is 14.9. The van der Waals surface area contributed by atoms with Gasteiger partial charge in [-0.15, -0.1) is 0 Å². The summed E-state index contributed by atoms with van der Waals surface area (Å²) in [6, 6.07) is -0.659. The normalized spacial score (nSPS) is 28.3. The van der Waals surface area contributed by atoms with E-state index < -0.39 is 17.6 Å². The molecule has 1 fully saturated rings. The largest absolute Gasteiger partial charge is 0.481 e. The van der Waals surface area contributed by atoms with Crippen molar-refractivity contribution in [2.24, 2.45) is 23.5 Å². The topological polar surface area (TPSA) is 92.4 Å². The van der Waals surface area contributed by atoms with Crippen molar-refractivity contribution in [3.8, 4) is 0 Å². The minimum Gasteiger partial charge on any atom is -0.481 e. The third kappa shape index (κ3) is 6.60. The Morgan fingerprint density at radius 1 is 1.35 bits per heavy atom. The number of nitrogens with one attached hydrogen (secondary N) is 1. The van der Waals surface area contributed by atoms with Crippen LogP contribution in [-0.4, -0.2) is 35.5 Å². The van der Waals surface area contributed by atoms with Gasteiger partial charge in [0.05, 0.1) is 12.5 Å². The first-order valence-electron chi connectivity index (χ1n) is 9.02. The van der Waals surface area contributed by atoms with Crippen molar-refractivity contribution >= 4 is 12.3 Å². The van der Waals surface area contributed by atoms with Crippen LogP contribution in [0.5, 0.6) is 0 Å². The van der Waals surface area contributed by atoms with Crippen molar-refractivity contribution in [2.45, 2.75) is 77.3 Å². The number of aldehydes is 1. The molecule has 0 spiro atoms. The van der Waals surface area contributed by atoms with Gasteiger partial charge in [0, 0.05) is 12.1 Å². The molecule has 0 aromatic carbocycles. The lowest BCUT2D eigenvalue weighted by Gasteiger charge is -2.31. The summed E-state index contributed by atoms with van der Waals surface area (Å²) in [6.45, 7) is 7.00. The van der Waals surface area contributed by atoms with Crippen LogP contribution in [0.15, 0.2) is 0 Å². The molecule has 1 rings (SSSR count). The highest BCUT2D eigenvalue weighted by atomic mass is 16.4. The first-order valence-corrected chi connectivity index (χ1v) is 9.02. The molecule has 0 amide bonds. The molecule has 3 unspecified atom stereocenters. The van der Waals surface area contributed by atoms with Crippen molar-refractivity contribution in [3.05, 3.63) is 0 Å². The lowest BCUT2D eigenvalue weighted by molar-refractivity contribution is -0.138. The van der Waals surface area contributed by atoms with Crippen LogP contribution in [0.1, 0.15) is 65.7 Å². The van der Waals surface area contributed by atoms with E-state index in [-0.39, 0.29) is 6.42 Å². The monoisotopic (exact) mass is 326 g/mol. The zero-order valence-corrected chi connectivity index (χ0v) is 14.9. The van der Waals surface area contributed by atoms with E-state index in [4.69, 9.17) is 10.8 Å². The van der Waals surface area contributed by atoms with Gasteiger partial charge in [0.2, 0.25) is 0 Å². The lowest BCUT2D eigenvalue weighted by atomic mass is 9.80. The van der Waals surface area contributed by atoms with E-state index in [9.17, 15) is 9.59 Å². The summed E-state index contributed by atoms with van der Waals surface area (Å²) in [5.74, 6) is 1.42. The highest BCUT2D eigenvalue weighted by Crippen LogP contribution is 2.43. The number of carboxylic acid groups (broad SMARTS) is 1. The molecule has 1 aliphatic carbocycles. The van der Waals surface area contributed by atoms with E-state index in [1.54, 1.807) is 0 Å². The summed E-state index contributed by atoms with van der Waals surface area (Å²) >= 11 is 0. The maximum Gasteiger partial charge on any atom is 0.305 e. The second-order valence-electron chi connectivity index (χ2n) is 7.49. The molecule has 4 atom stereocenters. The van der Waals surface area contributed by atoms with E-state index in [1.807, 2.05) is 6.92 Å². The summed E-state index contributed by atoms with van der Waals surface area (Å²) in [6.07, 6.45) is 7.64. The number of aliphatic carboxylic acids is 1.